The molecule has 0 unspecified atom stereocenters. The second-order valence-electron chi connectivity index (χ2n) is 6.05. The fraction of sp³-hybridized carbons (Fsp3) is 0.263. The predicted octanol–water partition coefficient (Wildman–Crippen LogP) is 3.78. The second kappa shape index (κ2) is 6.74. The van der Waals surface area contributed by atoms with Crippen molar-refractivity contribution >= 4 is 23.2 Å². The lowest BCUT2D eigenvalue weighted by Gasteiger charge is -2.14. The highest BCUT2D eigenvalue weighted by molar-refractivity contribution is 6.06. The van der Waals surface area contributed by atoms with Gasteiger partial charge in [-0.1, -0.05) is 32.0 Å². The molecule has 1 heterocycles. The molecule has 124 valence electrons. The first kappa shape index (κ1) is 16.1. The van der Waals surface area contributed by atoms with E-state index >= 15 is 0 Å². The Morgan fingerprint density at radius 3 is 2.79 bits per heavy atom. The van der Waals surface area contributed by atoms with E-state index in [1.807, 2.05) is 24.3 Å². The molecule has 2 aromatic carbocycles. The van der Waals surface area contributed by atoms with Crippen molar-refractivity contribution in [1.29, 1.82) is 0 Å². The first-order chi connectivity index (χ1) is 11.5. The normalized spacial score (nSPS) is 13.5. The number of benzene rings is 2. The molecule has 0 fully saturated rings. The van der Waals surface area contributed by atoms with Crippen LogP contribution in [0.25, 0.3) is 0 Å². The quantitative estimate of drug-likeness (QED) is 0.903. The molecular formula is C19H20N2O3. The number of carbonyl (C=O) groups excluding carboxylic acids is 2. The van der Waals surface area contributed by atoms with Gasteiger partial charge in [-0.15, -0.1) is 0 Å². The van der Waals surface area contributed by atoms with E-state index in [0.717, 1.165) is 11.3 Å². The van der Waals surface area contributed by atoms with Crippen LogP contribution in [0.5, 0.6) is 5.75 Å². The van der Waals surface area contributed by atoms with Crippen molar-refractivity contribution in [2.75, 3.05) is 17.2 Å². The predicted molar refractivity (Wildman–Crippen MR) is 93.7 cm³/mol. The molecule has 2 N–H and O–H groups in total. The maximum Gasteiger partial charge on any atom is 0.255 e. The van der Waals surface area contributed by atoms with Crippen molar-refractivity contribution in [3.05, 3.63) is 53.6 Å². The minimum absolute atomic E-state index is 0.114. The molecule has 0 saturated heterocycles. The molecule has 5 heteroatoms. The average molecular weight is 324 g/mol. The van der Waals surface area contributed by atoms with E-state index in [0.29, 0.717) is 35.9 Å². The van der Waals surface area contributed by atoms with Gasteiger partial charge in [0, 0.05) is 11.3 Å². The van der Waals surface area contributed by atoms with E-state index in [1.165, 1.54) is 0 Å². The Bertz CT molecular complexity index is 784. The molecule has 0 atom stereocenters. The summed E-state index contributed by atoms with van der Waals surface area (Å²) >= 11 is 0. The number of carbonyl (C=O) groups is 2. The van der Waals surface area contributed by atoms with Crippen LogP contribution in [0.3, 0.4) is 0 Å². The zero-order valence-corrected chi connectivity index (χ0v) is 13.8. The van der Waals surface area contributed by atoms with Crippen LogP contribution in [0, 0.1) is 0 Å². The molecule has 2 amide bonds. The van der Waals surface area contributed by atoms with Crippen LogP contribution in [-0.2, 0) is 4.79 Å². The van der Waals surface area contributed by atoms with Crippen molar-refractivity contribution in [3.63, 3.8) is 0 Å². The second-order valence-corrected chi connectivity index (χ2v) is 6.05. The standard InChI is InChI=1S/C19H20N2O3/c1-12(2)14-5-3-4-6-15(14)21-19(23)13-7-8-17-16(11-13)20-18(22)9-10-24-17/h3-8,11-12H,9-10H2,1-2H3,(H,20,22)(H,21,23). The van der Waals surface area contributed by atoms with E-state index in [4.69, 9.17) is 4.74 Å². The summed E-state index contributed by atoms with van der Waals surface area (Å²) in [6.45, 7) is 4.51. The van der Waals surface area contributed by atoms with Crippen LogP contribution in [0.2, 0.25) is 0 Å². The Labute approximate surface area is 141 Å². The number of ether oxygens (including phenoxy) is 1. The molecule has 0 aliphatic carbocycles. The van der Waals surface area contributed by atoms with E-state index in [9.17, 15) is 9.59 Å². The summed E-state index contributed by atoms with van der Waals surface area (Å²) in [6, 6.07) is 12.8. The lowest BCUT2D eigenvalue weighted by atomic mass is 10.0. The molecule has 3 rings (SSSR count). The number of hydrogen-bond donors (Lipinski definition) is 2. The number of hydrogen-bond acceptors (Lipinski definition) is 3. The third-order valence-electron chi connectivity index (χ3n) is 3.93. The highest BCUT2D eigenvalue weighted by Gasteiger charge is 2.17. The van der Waals surface area contributed by atoms with E-state index in [1.54, 1.807) is 18.2 Å². The van der Waals surface area contributed by atoms with Crippen LogP contribution >= 0.6 is 0 Å². The van der Waals surface area contributed by atoms with Gasteiger partial charge in [0.2, 0.25) is 5.91 Å². The van der Waals surface area contributed by atoms with Gasteiger partial charge in [0.1, 0.15) is 5.75 Å². The first-order valence-corrected chi connectivity index (χ1v) is 8.01. The van der Waals surface area contributed by atoms with Gasteiger partial charge in [-0.25, -0.2) is 0 Å². The van der Waals surface area contributed by atoms with Crippen LogP contribution in [0.1, 0.15) is 42.1 Å². The zero-order valence-electron chi connectivity index (χ0n) is 13.8. The molecule has 0 bridgehead atoms. The summed E-state index contributed by atoms with van der Waals surface area (Å²) in [4.78, 5) is 24.2. The molecule has 2 aromatic rings. The molecule has 1 aliphatic heterocycles. The summed E-state index contributed by atoms with van der Waals surface area (Å²) in [7, 11) is 0. The molecule has 0 radical (unpaired) electrons. The topological polar surface area (TPSA) is 67.4 Å². The molecule has 0 spiro atoms. The number of anilines is 2. The number of nitrogens with one attached hydrogen (secondary N) is 2. The van der Waals surface area contributed by atoms with Crippen LogP contribution in [0.15, 0.2) is 42.5 Å². The van der Waals surface area contributed by atoms with Gasteiger partial charge < -0.3 is 15.4 Å². The number of rotatable bonds is 3. The van der Waals surface area contributed by atoms with Crippen molar-refractivity contribution in [1.82, 2.24) is 0 Å². The highest BCUT2D eigenvalue weighted by atomic mass is 16.5. The summed E-state index contributed by atoms with van der Waals surface area (Å²) in [6.07, 6.45) is 0.304. The minimum Gasteiger partial charge on any atom is -0.491 e. The lowest BCUT2D eigenvalue weighted by Crippen LogP contribution is -2.15. The highest BCUT2D eigenvalue weighted by Crippen LogP contribution is 2.29. The monoisotopic (exact) mass is 324 g/mol. The fourth-order valence-electron chi connectivity index (χ4n) is 2.67. The summed E-state index contributed by atoms with van der Waals surface area (Å²) < 4.78 is 5.51. The molecule has 5 nitrogen and oxygen atoms in total. The summed E-state index contributed by atoms with van der Waals surface area (Å²) in [5, 5.41) is 5.72. The van der Waals surface area contributed by atoms with E-state index < -0.39 is 0 Å². The number of amides is 2. The Morgan fingerprint density at radius 2 is 2.00 bits per heavy atom. The average Bonchev–Trinajstić information content (AvgIpc) is 2.74. The van der Waals surface area contributed by atoms with Crippen molar-refractivity contribution in [2.24, 2.45) is 0 Å². The van der Waals surface area contributed by atoms with Crippen LogP contribution < -0.4 is 15.4 Å². The summed E-state index contributed by atoms with van der Waals surface area (Å²) in [5.41, 5.74) is 2.88. The van der Waals surface area contributed by atoms with Gasteiger partial charge in [-0.2, -0.15) is 0 Å². The molecule has 0 saturated carbocycles. The third-order valence-corrected chi connectivity index (χ3v) is 3.93. The van der Waals surface area contributed by atoms with E-state index in [2.05, 4.69) is 24.5 Å². The van der Waals surface area contributed by atoms with Gasteiger partial charge in [0.15, 0.2) is 0 Å². The lowest BCUT2D eigenvalue weighted by molar-refractivity contribution is -0.116. The SMILES string of the molecule is CC(C)c1ccccc1NC(=O)c1ccc2c(c1)NC(=O)CCO2. The van der Waals surface area contributed by atoms with Crippen molar-refractivity contribution in [2.45, 2.75) is 26.2 Å². The summed E-state index contributed by atoms with van der Waals surface area (Å²) in [5.74, 6) is 0.557. The largest absolute Gasteiger partial charge is 0.491 e. The first-order valence-electron chi connectivity index (χ1n) is 8.01. The van der Waals surface area contributed by atoms with Crippen LogP contribution in [0.4, 0.5) is 11.4 Å². The Balaban J connectivity index is 1.85. The van der Waals surface area contributed by atoms with Gasteiger partial charge in [0.05, 0.1) is 18.7 Å². The fourth-order valence-corrected chi connectivity index (χ4v) is 2.67. The van der Waals surface area contributed by atoms with Gasteiger partial charge in [-0.05, 0) is 35.7 Å². The van der Waals surface area contributed by atoms with Gasteiger partial charge in [0.25, 0.3) is 5.91 Å². The minimum atomic E-state index is -0.218. The third kappa shape index (κ3) is 3.40. The van der Waals surface area contributed by atoms with Crippen molar-refractivity contribution in [3.8, 4) is 5.75 Å². The van der Waals surface area contributed by atoms with Crippen molar-refractivity contribution < 1.29 is 14.3 Å². The molecule has 1 aliphatic rings. The maximum absolute atomic E-state index is 12.6. The maximum atomic E-state index is 12.6. The van der Waals surface area contributed by atoms with Crippen LogP contribution in [-0.4, -0.2) is 18.4 Å². The smallest absolute Gasteiger partial charge is 0.255 e. The number of para-hydroxylation sites is 1. The zero-order chi connectivity index (χ0) is 17.1. The Kier molecular flexibility index (Phi) is 4.51. The van der Waals surface area contributed by atoms with Gasteiger partial charge >= 0.3 is 0 Å². The number of fused-ring (bicyclic) bond motifs is 1. The van der Waals surface area contributed by atoms with Gasteiger partial charge in [-0.3, -0.25) is 9.59 Å². The Morgan fingerprint density at radius 1 is 1.21 bits per heavy atom. The van der Waals surface area contributed by atoms with E-state index in [-0.39, 0.29) is 11.8 Å². The molecule has 0 aromatic heterocycles. The molecular weight excluding hydrogens is 304 g/mol. The molecule has 24 heavy (non-hydrogen) atoms. The Hall–Kier alpha value is -2.82.